The summed E-state index contributed by atoms with van der Waals surface area (Å²) in [6.45, 7) is 5.36. The third kappa shape index (κ3) is 3.25. The SMILES string of the molecule is COc1ccccc1N1CN(Cc2ccccn2)Cn2c1nc(C)c(C)c2=O. The Hall–Kier alpha value is -3.19. The molecule has 1 aromatic carbocycles. The largest absolute Gasteiger partial charge is 0.495 e. The molecule has 28 heavy (non-hydrogen) atoms. The third-order valence-corrected chi connectivity index (χ3v) is 5.03. The Kier molecular flexibility index (Phi) is 4.83. The Bertz CT molecular complexity index is 1050. The van der Waals surface area contributed by atoms with Crippen LogP contribution in [0, 0.1) is 13.8 Å². The Balaban J connectivity index is 1.81. The van der Waals surface area contributed by atoms with E-state index in [4.69, 9.17) is 9.72 Å². The lowest BCUT2D eigenvalue weighted by Gasteiger charge is -2.38. The molecule has 0 spiro atoms. The number of rotatable bonds is 4. The van der Waals surface area contributed by atoms with Crippen LogP contribution in [0.15, 0.2) is 53.5 Å². The highest BCUT2D eigenvalue weighted by molar-refractivity contribution is 5.66. The van der Waals surface area contributed by atoms with Crippen LogP contribution in [-0.2, 0) is 13.2 Å². The van der Waals surface area contributed by atoms with Gasteiger partial charge < -0.3 is 4.74 Å². The zero-order chi connectivity index (χ0) is 19.7. The summed E-state index contributed by atoms with van der Waals surface area (Å²) in [6.07, 6.45) is 1.78. The second-order valence-corrected chi connectivity index (χ2v) is 6.89. The lowest BCUT2D eigenvalue weighted by molar-refractivity contribution is 0.187. The Morgan fingerprint density at radius 3 is 2.61 bits per heavy atom. The minimum atomic E-state index is -0.0203. The number of ether oxygens (including phenoxy) is 1. The molecule has 3 aromatic rings. The van der Waals surface area contributed by atoms with Crippen LogP contribution in [0.1, 0.15) is 17.0 Å². The molecule has 0 unspecified atom stereocenters. The summed E-state index contributed by atoms with van der Waals surface area (Å²) in [5, 5.41) is 0. The van der Waals surface area contributed by atoms with Crippen molar-refractivity contribution in [3.8, 4) is 5.75 Å². The second kappa shape index (κ2) is 7.44. The van der Waals surface area contributed by atoms with Crippen molar-refractivity contribution in [3.63, 3.8) is 0 Å². The van der Waals surface area contributed by atoms with Gasteiger partial charge >= 0.3 is 0 Å². The quantitative estimate of drug-likeness (QED) is 0.697. The average molecular weight is 377 g/mol. The lowest BCUT2D eigenvalue weighted by Crippen LogP contribution is -2.47. The number of benzene rings is 1. The third-order valence-electron chi connectivity index (χ3n) is 5.03. The number of aryl methyl sites for hydroxylation is 1. The first-order chi connectivity index (χ1) is 13.6. The molecule has 7 nitrogen and oxygen atoms in total. The predicted molar refractivity (Wildman–Crippen MR) is 108 cm³/mol. The van der Waals surface area contributed by atoms with E-state index in [0.29, 0.717) is 31.4 Å². The lowest BCUT2D eigenvalue weighted by atomic mass is 10.2. The molecule has 0 N–H and O–H groups in total. The standard InChI is InChI=1S/C21H23N5O2/c1-15-16(2)23-21-25(18-9-4-5-10-19(18)28-3)13-24(14-26(21)20(15)27)12-17-8-6-7-11-22-17/h4-11H,12-14H2,1-3H3. The van der Waals surface area contributed by atoms with Crippen molar-refractivity contribution in [1.82, 2.24) is 19.4 Å². The molecule has 4 rings (SSSR count). The number of pyridine rings is 1. The smallest absolute Gasteiger partial charge is 0.259 e. The molecule has 0 bridgehead atoms. The molecule has 3 heterocycles. The van der Waals surface area contributed by atoms with E-state index >= 15 is 0 Å². The fourth-order valence-corrected chi connectivity index (χ4v) is 3.44. The number of aromatic nitrogens is 3. The predicted octanol–water partition coefficient (Wildman–Crippen LogP) is 2.83. The maximum atomic E-state index is 13.0. The van der Waals surface area contributed by atoms with Crippen molar-refractivity contribution in [2.75, 3.05) is 18.7 Å². The van der Waals surface area contributed by atoms with E-state index < -0.39 is 0 Å². The van der Waals surface area contributed by atoms with Crippen LogP contribution >= 0.6 is 0 Å². The van der Waals surface area contributed by atoms with Gasteiger partial charge in [-0.25, -0.2) is 4.98 Å². The van der Waals surface area contributed by atoms with Gasteiger partial charge in [0.1, 0.15) is 5.75 Å². The number of hydrogen-bond acceptors (Lipinski definition) is 6. The van der Waals surface area contributed by atoms with E-state index in [1.54, 1.807) is 17.9 Å². The second-order valence-electron chi connectivity index (χ2n) is 6.89. The van der Waals surface area contributed by atoms with Gasteiger partial charge in [0.15, 0.2) is 0 Å². The van der Waals surface area contributed by atoms with E-state index in [1.807, 2.05) is 61.2 Å². The number of anilines is 2. The first-order valence-corrected chi connectivity index (χ1v) is 9.19. The molecule has 0 fully saturated rings. The average Bonchev–Trinajstić information content (AvgIpc) is 2.73. The molecule has 0 atom stereocenters. The van der Waals surface area contributed by atoms with Gasteiger partial charge in [0.25, 0.3) is 5.56 Å². The van der Waals surface area contributed by atoms with Gasteiger partial charge in [-0.05, 0) is 38.1 Å². The van der Waals surface area contributed by atoms with Crippen LogP contribution in [0.5, 0.6) is 5.75 Å². The summed E-state index contributed by atoms with van der Waals surface area (Å²) in [7, 11) is 1.65. The summed E-state index contributed by atoms with van der Waals surface area (Å²) in [5.41, 5.74) is 3.22. The summed E-state index contributed by atoms with van der Waals surface area (Å²) in [5.74, 6) is 1.37. The van der Waals surface area contributed by atoms with Gasteiger partial charge in [0.2, 0.25) is 5.95 Å². The Morgan fingerprint density at radius 2 is 1.86 bits per heavy atom. The highest BCUT2D eigenvalue weighted by atomic mass is 16.5. The normalized spacial score (nSPS) is 14.0. The van der Waals surface area contributed by atoms with Crippen molar-refractivity contribution in [2.24, 2.45) is 0 Å². The topological polar surface area (TPSA) is 63.5 Å². The summed E-state index contributed by atoms with van der Waals surface area (Å²) >= 11 is 0. The van der Waals surface area contributed by atoms with E-state index in [2.05, 4.69) is 9.88 Å². The van der Waals surface area contributed by atoms with Gasteiger partial charge in [-0.1, -0.05) is 18.2 Å². The summed E-state index contributed by atoms with van der Waals surface area (Å²) < 4.78 is 7.29. The molecule has 2 aromatic heterocycles. The van der Waals surface area contributed by atoms with Crippen molar-refractivity contribution in [1.29, 1.82) is 0 Å². The molecule has 0 radical (unpaired) electrons. The Morgan fingerprint density at radius 1 is 1.07 bits per heavy atom. The van der Waals surface area contributed by atoms with Crippen molar-refractivity contribution in [2.45, 2.75) is 27.1 Å². The maximum Gasteiger partial charge on any atom is 0.259 e. The van der Waals surface area contributed by atoms with E-state index in [9.17, 15) is 4.79 Å². The first-order valence-electron chi connectivity index (χ1n) is 9.19. The number of nitrogens with zero attached hydrogens (tertiary/aromatic N) is 5. The monoisotopic (exact) mass is 377 g/mol. The van der Waals surface area contributed by atoms with Crippen LogP contribution in [-0.4, -0.2) is 33.2 Å². The summed E-state index contributed by atoms with van der Waals surface area (Å²) in [6, 6.07) is 13.6. The minimum absolute atomic E-state index is 0.0203. The van der Waals surface area contributed by atoms with Crippen LogP contribution in [0.3, 0.4) is 0 Å². The zero-order valence-corrected chi connectivity index (χ0v) is 16.3. The Labute approximate surface area is 163 Å². The van der Waals surface area contributed by atoms with Crippen LogP contribution < -0.4 is 15.2 Å². The molecule has 0 amide bonds. The van der Waals surface area contributed by atoms with Crippen molar-refractivity contribution in [3.05, 3.63) is 76.0 Å². The van der Waals surface area contributed by atoms with Crippen LogP contribution in [0.25, 0.3) is 0 Å². The van der Waals surface area contributed by atoms with Gasteiger partial charge in [-0.15, -0.1) is 0 Å². The molecular weight excluding hydrogens is 354 g/mol. The van der Waals surface area contributed by atoms with Gasteiger partial charge in [-0.3, -0.25) is 24.1 Å². The number of fused-ring (bicyclic) bond motifs is 1. The van der Waals surface area contributed by atoms with Crippen LogP contribution in [0.2, 0.25) is 0 Å². The van der Waals surface area contributed by atoms with Crippen molar-refractivity contribution < 1.29 is 4.74 Å². The van der Waals surface area contributed by atoms with Crippen LogP contribution in [0.4, 0.5) is 11.6 Å². The molecule has 1 aliphatic rings. The molecule has 0 saturated carbocycles. The molecule has 0 aliphatic carbocycles. The number of methoxy groups -OCH3 is 1. The number of para-hydroxylation sites is 2. The highest BCUT2D eigenvalue weighted by Gasteiger charge is 2.28. The van der Waals surface area contributed by atoms with Gasteiger partial charge in [0.05, 0.1) is 31.8 Å². The number of hydrogen-bond donors (Lipinski definition) is 0. The van der Waals surface area contributed by atoms with E-state index in [1.165, 1.54) is 0 Å². The van der Waals surface area contributed by atoms with Crippen molar-refractivity contribution >= 4 is 11.6 Å². The maximum absolute atomic E-state index is 13.0. The highest BCUT2D eigenvalue weighted by Crippen LogP contribution is 2.34. The molecule has 1 aliphatic heterocycles. The molecule has 0 saturated heterocycles. The molecule has 7 heteroatoms. The van der Waals surface area contributed by atoms with Gasteiger partial charge in [0, 0.05) is 24.0 Å². The van der Waals surface area contributed by atoms with Gasteiger partial charge in [-0.2, -0.15) is 0 Å². The summed E-state index contributed by atoms with van der Waals surface area (Å²) in [4.78, 5) is 26.3. The zero-order valence-electron chi connectivity index (χ0n) is 16.3. The molecular formula is C21H23N5O2. The fraction of sp³-hybridized carbons (Fsp3) is 0.286. The minimum Gasteiger partial charge on any atom is -0.495 e. The van der Waals surface area contributed by atoms with E-state index in [-0.39, 0.29) is 5.56 Å². The first kappa shape index (κ1) is 18.2. The van der Waals surface area contributed by atoms with E-state index in [0.717, 1.165) is 22.8 Å². The molecule has 144 valence electrons. The fourth-order valence-electron chi connectivity index (χ4n) is 3.44.